The average molecular weight is 421 g/mol. The van der Waals surface area contributed by atoms with E-state index in [1.54, 1.807) is 6.20 Å². The molecular weight excluding hydrogens is 396 g/mol. The summed E-state index contributed by atoms with van der Waals surface area (Å²) in [6.07, 6.45) is 5.06. The lowest BCUT2D eigenvalue weighted by Gasteiger charge is -2.35. The van der Waals surface area contributed by atoms with Crippen molar-refractivity contribution in [2.75, 3.05) is 13.2 Å². The highest BCUT2D eigenvalue weighted by Gasteiger charge is 2.31. The van der Waals surface area contributed by atoms with Crippen molar-refractivity contribution in [1.82, 2.24) is 20.3 Å². The van der Waals surface area contributed by atoms with Crippen molar-refractivity contribution in [1.29, 1.82) is 0 Å². The van der Waals surface area contributed by atoms with E-state index in [1.807, 2.05) is 25.1 Å². The number of nitrogens with zero attached hydrogens (tertiary/aromatic N) is 3. The highest BCUT2D eigenvalue weighted by Crippen LogP contribution is 2.34. The molecule has 8 nitrogen and oxygen atoms in total. The third kappa shape index (κ3) is 6.54. The molecule has 1 saturated carbocycles. The Hall–Kier alpha value is -2.45. The SMILES string of the molecule is CC(=O)N[C@@H](C)CO[C@H]1C[C@@H](COc2ncnc(OCc3ccccn3)c2Cl)C1. The van der Waals surface area contributed by atoms with Crippen molar-refractivity contribution in [3.05, 3.63) is 41.4 Å². The second-order valence-corrected chi connectivity index (χ2v) is 7.49. The molecule has 0 aromatic carbocycles. The molecule has 156 valence electrons. The first-order chi connectivity index (χ1) is 14.0. The van der Waals surface area contributed by atoms with Crippen molar-refractivity contribution < 1.29 is 19.0 Å². The van der Waals surface area contributed by atoms with Gasteiger partial charge in [-0.05, 0) is 37.8 Å². The first kappa shape index (κ1) is 21.3. The first-order valence-electron chi connectivity index (χ1n) is 9.56. The number of amides is 1. The van der Waals surface area contributed by atoms with Gasteiger partial charge in [-0.1, -0.05) is 17.7 Å². The standard InChI is InChI=1S/C20H25ClN4O4/c1-13(25-14(2)26)9-27-17-7-15(8-17)10-28-19-18(21)20(24-12-23-19)29-11-16-5-3-4-6-22-16/h3-6,12-13,15,17H,7-11H2,1-2H3,(H,25,26)/t13-,15-,17+/m0/s1. The van der Waals surface area contributed by atoms with Crippen LogP contribution >= 0.6 is 11.6 Å². The van der Waals surface area contributed by atoms with Gasteiger partial charge >= 0.3 is 0 Å². The Balaban J connectivity index is 1.40. The van der Waals surface area contributed by atoms with Crippen LogP contribution in [0.5, 0.6) is 11.8 Å². The van der Waals surface area contributed by atoms with Crippen LogP contribution in [0.15, 0.2) is 30.7 Å². The molecular formula is C20H25ClN4O4. The third-order valence-electron chi connectivity index (χ3n) is 4.49. The van der Waals surface area contributed by atoms with E-state index < -0.39 is 0 Å². The van der Waals surface area contributed by atoms with Crippen LogP contribution in [0.2, 0.25) is 5.02 Å². The van der Waals surface area contributed by atoms with E-state index >= 15 is 0 Å². The minimum atomic E-state index is -0.0499. The van der Waals surface area contributed by atoms with Crippen molar-refractivity contribution in [3.8, 4) is 11.8 Å². The molecule has 1 N–H and O–H groups in total. The summed E-state index contributed by atoms with van der Waals surface area (Å²) in [5, 5.41) is 3.05. The van der Waals surface area contributed by atoms with Gasteiger partial charge < -0.3 is 19.5 Å². The summed E-state index contributed by atoms with van der Waals surface area (Å²) in [6, 6.07) is 5.59. The first-order valence-corrected chi connectivity index (χ1v) is 9.93. The van der Waals surface area contributed by atoms with Crippen LogP contribution < -0.4 is 14.8 Å². The largest absolute Gasteiger partial charge is 0.476 e. The van der Waals surface area contributed by atoms with Crippen molar-refractivity contribution in [2.24, 2.45) is 5.92 Å². The Labute approximate surface area is 175 Å². The molecule has 1 amide bonds. The summed E-state index contributed by atoms with van der Waals surface area (Å²) < 4.78 is 17.2. The molecule has 2 aromatic heterocycles. The maximum Gasteiger partial charge on any atom is 0.240 e. The van der Waals surface area contributed by atoms with Crippen molar-refractivity contribution in [2.45, 2.75) is 45.4 Å². The molecule has 0 spiro atoms. The maximum absolute atomic E-state index is 11.0. The molecule has 9 heteroatoms. The zero-order valence-electron chi connectivity index (χ0n) is 16.5. The Morgan fingerprint density at radius 2 is 2.00 bits per heavy atom. The van der Waals surface area contributed by atoms with Crippen LogP contribution in [-0.4, -0.2) is 46.2 Å². The van der Waals surface area contributed by atoms with E-state index in [4.69, 9.17) is 25.8 Å². The fraction of sp³-hybridized carbons (Fsp3) is 0.500. The van der Waals surface area contributed by atoms with Crippen LogP contribution in [0.3, 0.4) is 0 Å². The summed E-state index contributed by atoms with van der Waals surface area (Å²) in [4.78, 5) is 23.4. The highest BCUT2D eigenvalue weighted by molar-refractivity contribution is 6.33. The fourth-order valence-electron chi connectivity index (χ4n) is 2.98. The normalized spacial score (nSPS) is 19.1. The maximum atomic E-state index is 11.0. The fourth-order valence-corrected chi connectivity index (χ4v) is 3.18. The summed E-state index contributed by atoms with van der Waals surface area (Å²) in [7, 11) is 0. The lowest BCUT2D eigenvalue weighted by Crippen LogP contribution is -2.40. The van der Waals surface area contributed by atoms with Gasteiger partial charge in [0.2, 0.25) is 17.7 Å². The topological polar surface area (TPSA) is 95.5 Å². The van der Waals surface area contributed by atoms with Gasteiger partial charge in [-0.3, -0.25) is 9.78 Å². The highest BCUT2D eigenvalue weighted by atomic mass is 35.5. The predicted octanol–water partition coefficient (Wildman–Crippen LogP) is 2.80. The molecule has 1 aliphatic carbocycles. The molecule has 2 heterocycles. The molecule has 29 heavy (non-hydrogen) atoms. The number of nitrogens with one attached hydrogen (secondary N) is 1. The number of aromatic nitrogens is 3. The van der Waals surface area contributed by atoms with E-state index in [-0.39, 0.29) is 35.6 Å². The number of hydrogen-bond acceptors (Lipinski definition) is 7. The number of hydrogen-bond donors (Lipinski definition) is 1. The summed E-state index contributed by atoms with van der Waals surface area (Å²) in [5.41, 5.74) is 0.776. The molecule has 0 unspecified atom stereocenters. The summed E-state index contributed by atoms with van der Waals surface area (Å²) in [6.45, 7) is 4.69. The summed E-state index contributed by atoms with van der Waals surface area (Å²) in [5.74, 6) is 0.900. The van der Waals surface area contributed by atoms with Gasteiger partial charge in [0.1, 0.15) is 12.9 Å². The number of rotatable bonds is 10. The van der Waals surface area contributed by atoms with E-state index in [2.05, 4.69) is 20.3 Å². The third-order valence-corrected chi connectivity index (χ3v) is 4.81. The number of carbonyl (C=O) groups excluding carboxylic acids is 1. The quantitative estimate of drug-likeness (QED) is 0.631. The number of pyridine rings is 1. The molecule has 1 fully saturated rings. The Bertz CT molecular complexity index is 802. The molecule has 1 aliphatic rings. The summed E-state index contributed by atoms with van der Waals surface area (Å²) >= 11 is 6.32. The van der Waals surface area contributed by atoms with Crippen LogP contribution in [0.25, 0.3) is 0 Å². The average Bonchev–Trinajstić information content (AvgIpc) is 2.66. The van der Waals surface area contributed by atoms with Crippen molar-refractivity contribution >= 4 is 17.5 Å². The zero-order chi connectivity index (χ0) is 20.6. The zero-order valence-corrected chi connectivity index (χ0v) is 17.3. The Kier molecular flexibility index (Phi) is 7.60. The molecule has 0 aliphatic heterocycles. The number of carbonyl (C=O) groups is 1. The molecule has 1 atom stereocenters. The monoisotopic (exact) mass is 420 g/mol. The van der Waals surface area contributed by atoms with Crippen LogP contribution in [0.1, 0.15) is 32.4 Å². The molecule has 2 aromatic rings. The van der Waals surface area contributed by atoms with Gasteiger partial charge in [-0.2, -0.15) is 0 Å². The van der Waals surface area contributed by atoms with E-state index in [0.717, 1.165) is 18.5 Å². The molecule has 0 bridgehead atoms. The lowest BCUT2D eigenvalue weighted by molar-refractivity contribution is -0.120. The van der Waals surface area contributed by atoms with Gasteiger partial charge in [0.25, 0.3) is 0 Å². The van der Waals surface area contributed by atoms with Gasteiger partial charge in [-0.25, -0.2) is 9.97 Å². The lowest BCUT2D eigenvalue weighted by atomic mass is 9.83. The van der Waals surface area contributed by atoms with Crippen LogP contribution in [0, 0.1) is 5.92 Å². The Morgan fingerprint density at radius 1 is 1.24 bits per heavy atom. The number of halogens is 1. The van der Waals surface area contributed by atoms with Gasteiger partial charge in [0, 0.05) is 19.2 Å². The van der Waals surface area contributed by atoms with E-state index in [9.17, 15) is 4.79 Å². The molecule has 3 rings (SSSR count). The van der Waals surface area contributed by atoms with E-state index in [1.165, 1.54) is 13.3 Å². The van der Waals surface area contributed by atoms with Gasteiger partial charge in [-0.15, -0.1) is 0 Å². The minimum Gasteiger partial charge on any atom is -0.476 e. The second-order valence-electron chi connectivity index (χ2n) is 7.11. The smallest absolute Gasteiger partial charge is 0.240 e. The number of ether oxygens (including phenoxy) is 3. The predicted molar refractivity (Wildman–Crippen MR) is 107 cm³/mol. The Morgan fingerprint density at radius 3 is 2.69 bits per heavy atom. The van der Waals surface area contributed by atoms with Crippen LogP contribution in [-0.2, 0) is 16.1 Å². The molecule has 0 saturated heterocycles. The van der Waals surface area contributed by atoms with Crippen LogP contribution in [0.4, 0.5) is 0 Å². The molecule has 0 radical (unpaired) electrons. The van der Waals surface area contributed by atoms with E-state index in [0.29, 0.717) is 25.0 Å². The van der Waals surface area contributed by atoms with Gasteiger partial charge in [0.15, 0.2) is 5.02 Å². The van der Waals surface area contributed by atoms with Gasteiger partial charge in [0.05, 0.1) is 25.0 Å². The second kappa shape index (κ2) is 10.4. The van der Waals surface area contributed by atoms with Crippen molar-refractivity contribution in [3.63, 3.8) is 0 Å². The minimum absolute atomic E-state index is 0.00660.